The lowest BCUT2D eigenvalue weighted by molar-refractivity contribution is -0.0947. The maximum Gasteiger partial charge on any atom is 0.132 e. The highest BCUT2D eigenvalue weighted by Crippen LogP contribution is 2.26. The van der Waals surface area contributed by atoms with Crippen molar-refractivity contribution in [3.63, 3.8) is 0 Å². The number of nitrogens with two attached hydrogens (primary N) is 1. The molecule has 22 heavy (non-hydrogen) atoms. The third-order valence-corrected chi connectivity index (χ3v) is 3.19. The van der Waals surface area contributed by atoms with Gasteiger partial charge < -0.3 is 30.5 Å². The molecule has 0 aromatic heterocycles. The van der Waals surface area contributed by atoms with Gasteiger partial charge in [-0.15, -0.1) is 0 Å². The van der Waals surface area contributed by atoms with E-state index >= 15 is 0 Å². The van der Waals surface area contributed by atoms with Crippen LogP contribution in [0.25, 0.3) is 0 Å². The predicted molar refractivity (Wildman–Crippen MR) is 73.9 cm³/mol. The van der Waals surface area contributed by atoms with Gasteiger partial charge in [-0.05, 0) is 6.07 Å². The Morgan fingerprint density at radius 2 is 1.91 bits per heavy atom. The fourth-order valence-corrected chi connectivity index (χ4v) is 1.92. The number of ether oxygens (including phenoxy) is 2. The van der Waals surface area contributed by atoms with Crippen molar-refractivity contribution in [1.29, 1.82) is 0 Å². The van der Waals surface area contributed by atoms with Crippen molar-refractivity contribution in [2.75, 3.05) is 26.9 Å². The molecule has 1 rings (SSSR count). The van der Waals surface area contributed by atoms with Crippen molar-refractivity contribution in [1.82, 2.24) is 0 Å². The number of methoxy groups -OCH3 is 1. The molecule has 0 bridgehead atoms. The van der Waals surface area contributed by atoms with Crippen LogP contribution in [0.4, 0.5) is 8.78 Å². The van der Waals surface area contributed by atoms with Gasteiger partial charge in [0.2, 0.25) is 0 Å². The highest BCUT2D eigenvalue weighted by Gasteiger charge is 2.29. The van der Waals surface area contributed by atoms with Gasteiger partial charge in [0.1, 0.15) is 29.9 Å². The summed E-state index contributed by atoms with van der Waals surface area (Å²) in [6, 6.07) is 1.67. The smallest absolute Gasteiger partial charge is 0.132 e. The summed E-state index contributed by atoms with van der Waals surface area (Å²) in [5, 5.41) is 28.9. The minimum absolute atomic E-state index is 0.0223. The Morgan fingerprint density at radius 3 is 2.45 bits per heavy atom. The molecule has 8 heteroatoms. The Balaban J connectivity index is 2.99. The first-order valence-corrected chi connectivity index (χ1v) is 6.71. The monoisotopic (exact) mass is 321 g/mol. The molecule has 0 amide bonds. The maximum absolute atomic E-state index is 13.8. The molecule has 1 aromatic carbocycles. The summed E-state index contributed by atoms with van der Waals surface area (Å²) in [6.07, 6.45) is -4.37. The van der Waals surface area contributed by atoms with E-state index < -0.39 is 36.6 Å². The van der Waals surface area contributed by atoms with Crippen LogP contribution in [0.1, 0.15) is 17.2 Å². The Morgan fingerprint density at radius 1 is 1.23 bits per heavy atom. The van der Waals surface area contributed by atoms with Gasteiger partial charge in [0.25, 0.3) is 0 Å². The van der Waals surface area contributed by atoms with Gasteiger partial charge in [-0.1, -0.05) is 0 Å². The van der Waals surface area contributed by atoms with E-state index in [0.29, 0.717) is 6.07 Å². The lowest BCUT2D eigenvalue weighted by Crippen LogP contribution is -2.36. The SMILES string of the molecule is CO[C@H](CO)C(O)C(O)c1cc(COCCN)c(F)cc1F. The lowest BCUT2D eigenvalue weighted by atomic mass is 9.98. The van der Waals surface area contributed by atoms with Crippen molar-refractivity contribution >= 4 is 0 Å². The van der Waals surface area contributed by atoms with Gasteiger partial charge >= 0.3 is 0 Å². The Bertz CT molecular complexity index is 471. The van der Waals surface area contributed by atoms with Gasteiger partial charge in [0.15, 0.2) is 0 Å². The van der Waals surface area contributed by atoms with Crippen molar-refractivity contribution in [3.8, 4) is 0 Å². The molecule has 0 saturated carbocycles. The first kappa shape index (κ1) is 18.9. The van der Waals surface area contributed by atoms with E-state index in [1.807, 2.05) is 0 Å². The fraction of sp³-hybridized carbons (Fsp3) is 0.571. The third-order valence-electron chi connectivity index (χ3n) is 3.19. The molecule has 1 aromatic rings. The molecule has 0 fully saturated rings. The zero-order valence-corrected chi connectivity index (χ0v) is 12.2. The van der Waals surface area contributed by atoms with Crippen LogP contribution in [0, 0.1) is 11.6 Å². The Kier molecular flexibility index (Phi) is 7.80. The summed E-state index contributed by atoms with van der Waals surface area (Å²) in [5.41, 5.74) is 4.96. The zero-order valence-electron chi connectivity index (χ0n) is 12.2. The van der Waals surface area contributed by atoms with Crippen molar-refractivity contribution in [3.05, 3.63) is 34.9 Å². The molecular formula is C14H21F2NO5. The Hall–Kier alpha value is -1.16. The summed E-state index contributed by atoms with van der Waals surface area (Å²) < 4.78 is 37.3. The van der Waals surface area contributed by atoms with E-state index in [1.165, 1.54) is 7.11 Å². The molecule has 126 valence electrons. The van der Waals surface area contributed by atoms with Gasteiger partial charge in [0, 0.05) is 30.8 Å². The molecule has 0 heterocycles. The number of rotatable bonds is 9. The number of hydrogen-bond donors (Lipinski definition) is 4. The summed E-state index contributed by atoms with van der Waals surface area (Å²) in [7, 11) is 1.23. The number of hydrogen-bond acceptors (Lipinski definition) is 6. The largest absolute Gasteiger partial charge is 0.394 e. The van der Waals surface area contributed by atoms with Gasteiger partial charge in [0.05, 0.1) is 19.8 Å². The van der Waals surface area contributed by atoms with Crippen LogP contribution in [0.3, 0.4) is 0 Å². The molecule has 0 aliphatic heterocycles. The molecule has 3 atom stereocenters. The molecular weight excluding hydrogens is 300 g/mol. The number of benzene rings is 1. The average molecular weight is 321 g/mol. The van der Waals surface area contributed by atoms with E-state index in [0.717, 1.165) is 6.07 Å². The quantitative estimate of drug-likeness (QED) is 0.471. The first-order chi connectivity index (χ1) is 10.5. The van der Waals surface area contributed by atoms with E-state index in [2.05, 4.69) is 0 Å². The van der Waals surface area contributed by atoms with Gasteiger partial charge in [-0.3, -0.25) is 0 Å². The average Bonchev–Trinajstić information content (AvgIpc) is 2.50. The van der Waals surface area contributed by atoms with Crippen LogP contribution in [0.15, 0.2) is 12.1 Å². The zero-order chi connectivity index (χ0) is 16.7. The van der Waals surface area contributed by atoms with Crippen molar-refractivity contribution in [2.24, 2.45) is 5.73 Å². The van der Waals surface area contributed by atoms with Crippen LogP contribution in [-0.2, 0) is 16.1 Å². The predicted octanol–water partition coefficient (Wildman–Crippen LogP) is -0.158. The van der Waals surface area contributed by atoms with E-state index in [1.54, 1.807) is 0 Å². The minimum Gasteiger partial charge on any atom is -0.394 e. The second kappa shape index (κ2) is 9.09. The molecule has 2 unspecified atom stereocenters. The molecule has 0 aliphatic carbocycles. The fourth-order valence-electron chi connectivity index (χ4n) is 1.92. The van der Waals surface area contributed by atoms with Gasteiger partial charge in [-0.25, -0.2) is 8.78 Å². The van der Waals surface area contributed by atoms with Crippen molar-refractivity contribution < 1.29 is 33.6 Å². The molecule has 5 N–H and O–H groups in total. The molecule has 6 nitrogen and oxygen atoms in total. The van der Waals surface area contributed by atoms with E-state index in [-0.39, 0.29) is 30.9 Å². The highest BCUT2D eigenvalue weighted by atomic mass is 19.1. The molecule has 0 radical (unpaired) electrons. The second-order valence-electron chi connectivity index (χ2n) is 4.70. The summed E-state index contributed by atoms with van der Waals surface area (Å²) in [6.45, 7) is -0.256. The first-order valence-electron chi connectivity index (χ1n) is 6.71. The summed E-state index contributed by atoms with van der Waals surface area (Å²) in [4.78, 5) is 0. The van der Waals surface area contributed by atoms with Gasteiger partial charge in [-0.2, -0.15) is 0 Å². The minimum atomic E-state index is -1.69. The molecule has 0 aliphatic rings. The normalized spacial score (nSPS) is 15.6. The van der Waals surface area contributed by atoms with Crippen LogP contribution >= 0.6 is 0 Å². The topological polar surface area (TPSA) is 105 Å². The summed E-state index contributed by atoms with van der Waals surface area (Å²) in [5.74, 6) is -1.84. The summed E-state index contributed by atoms with van der Waals surface area (Å²) >= 11 is 0. The van der Waals surface area contributed by atoms with Crippen LogP contribution in [-0.4, -0.2) is 54.4 Å². The van der Waals surface area contributed by atoms with E-state index in [4.69, 9.17) is 20.3 Å². The van der Waals surface area contributed by atoms with Crippen LogP contribution in [0.2, 0.25) is 0 Å². The molecule has 0 saturated heterocycles. The van der Waals surface area contributed by atoms with Crippen LogP contribution in [0.5, 0.6) is 0 Å². The lowest BCUT2D eigenvalue weighted by Gasteiger charge is -2.25. The van der Waals surface area contributed by atoms with Crippen molar-refractivity contribution in [2.45, 2.75) is 24.9 Å². The number of halogens is 2. The third kappa shape index (κ3) is 4.67. The molecule has 0 spiro atoms. The van der Waals surface area contributed by atoms with Crippen LogP contribution < -0.4 is 5.73 Å². The number of aliphatic hydroxyl groups is 3. The maximum atomic E-state index is 13.8. The second-order valence-corrected chi connectivity index (χ2v) is 4.70. The standard InChI is InChI=1S/C14H21F2NO5/c1-21-12(6-18)14(20)13(19)9-4-8(7-22-3-2-17)10(15)5-11(9)16/h4-5,12-14,18-20H,2-3,6-7,17H2,1H3/t12-,13?,14?/m1/s1. The number of aliphatic hydroxyl groups excluding tert-OH is 3. The van der Waals surface area contributed by atoms with E-state index in [9.17, 15) is 19.0 Å². The Labute approximate surface area is 127 Å². The highest BCUT2D eigenvalue weighted by molar-refractivity contribution is 5.29.